The van der Waals surface area contributed by atoms with Crippen molar-refractivity contribution in [3.05, 3.63) is 53.1 Å². The van der Waals surface area contributed by atoms with E-state index in [-0.39, 0.29) is 5.56 Å². The summed E-state index contributed by atoms with van der Waals surface area (Å²) in [6, 6.07) is 6.61. The van der Waals surface area contributed by atoms with Crippen molar-refractivity contribution in [3.63, 3.8) is 0 Å². The first-order valence-electron chi connectivity index (χ1n) is 6.94. The van der Waals surface area contributed by atoms with E-state index in [1.165, 1.54) is 11.6 Å². The van der Waals surface area contributed by atoms with Gasteiger partial charge < -0.3 is 15.6 Å². The lowest BCUT2D eigenvalue weighted by atomic mass is 10.1. The van der Waals surface area contributed by atoms with Gasteiger partial charge in [-0.3, -0.25) is 0 Å². The quantitative estimate of drug-likeness (QED) is 0.364. The lowest BCUT2D eigenvalue weighted by Crippen LogP contribution is -2.17. The summed E-state index contributed by atoms with van der Waals surface area (Å²) in [5, 5.41) is 9.78. The van der Waals surface area contributed by atoms with Crippen molar-refractivity contribution in [1.29, 1.82) is 0 Å². The van der Waals surface area contributed by atoms with E-state index in [0.29, 0.717) is 5.69 Å². The standard InChI is InChI=1S/C17H23NO3/c1-12(2)7-6-8-13(3)11-16(19)21-17(20)14-9-4-5-10-15(14)18/h4-5,7,9-11,16,19H,6,8,18H2,1-3H3/b13-11+. The van der Waals surface area contributed by atoms with Gasteiger partial charge in [-0.2, -0.15) is 0 Å². The molecule has 0 saturated heterocycles. The second kappa shape index (κ2) is 8.27. The minimum Gasteiger partial charge on any atom is -0.428 e. The lowest BCUT2D eigenvalue weighted by Gasteiger charge is -2.11. The van der Waals surface area contributed by atoms with Gasteiger partial charge in [0.2, 0.25) is 6.29 Å². The van der Waals surface area contributed by atoms with Crippen molar-refractivity contribution < 1.29 is 14.6 Å². The van der Waals surface area contributed by atoms with Crippen molar-refractivity contribution in [2.75, 3.05) is 5.73 Å². The van der Waals surface area contributed by atoms with Crippen LogP contribution in [0.3, 0.4) is 0 Å². The number of anilines is 1. The number of aliphatic hydroxyl groups excluding tert-OH is 1. The van der Waals surface area contributed by atoms with Crippen LogP contribution in [0.15, 0.2) is 47.6 Å². The molecule has 0 heterocycles. The molecule has 0 fully saturated rings. The number of carbonyl (C=O) groups is 1. The van der Waals surface area contributed by atoms with Crippen LogP contribution in [0.2, 0.25) is 0 Å². The smallest absolute Gasteiger partial charge is 0.342 e. The second-order valence-corrected chi connectivity index (χ2v) is 5.22. The van der Waals surface area contributed by atoms with Crippen molar-refractivity contribution in [2.45, 2.75) is 39.9 Å². The highest BCUT2D eigenvalue weighted by molar-refractivity contribution is 5.95. The van der Waals surface area contributed by atoms with Crippen LogP contribution in [0.25, 0.3) is 0 Å². The van der Waals surface area contributed by atoms with E-state index in [9.17, 15) is 9.90 Å². The topological polar surface area (TPSA) is 72.5 Å². The molecule has 21 heavy (non-hydrogen) atoms. The van der Waals surface area contributed by atoms with Gasteiger partial charge in [-0.25, -0.2) is 4.79 Å². The number of rotatable bonds is 6. The summed E-state index contributed by atoms with van der Waals surface area (Å²) in [5.74, 6) is -0.631. The van der Waals surface area contributed by atoms with Gasteiger partial charge in [-0.1, -0.05) is 29.4 Å². The number of nitrogen functional groups attached to an aromatic ring is 1. The van der Waals surface area contributed by atoms with Crippen LogP contribution in [-0.2, 0) is 4.74 Å². The van der Waals surface area contributed by atoms with E-state index in [0.717, 1.165) is 18.4 Å². The first kappa shape index (κ1) is 17.0. The van der Waals surface area contributed by atoms with Gasteiger partial charge in [-0.15, -0.1) is 0 Å². The average Bonchev–Trinajstić information content (AvgIpc) is 2.38. The van der Waals surface area contributed by atoms with Crippen LogP contribution in [0, 0.1) is 0 Å². The largest absolute Gasteiger partial charge is 0.428 e. The molecule has 0 amide bonds. The van der Waals surface area contributed by atoms with Gasteiger partial charge in [0.05, 0.1) is 5.56 Å². The Morgan fingerprint density at radius 3 is 2.62 bits per heavy atom. The molecule has 4 heteroatoms. The Labute approximate surface area is 125 Å². The first-order valence-corrected chi connectivity index (χ1v) is 6.94. The van der Waals surface area contributed by atoms with E-state index in [1.807, 2.05) is 20.8 Å². The van der Waals surface area contributed by atoms with Gasteiger partial charge in [0, 0.05) is 5.69 Å². The third-order valence-corrected chi connectivity index (χ3v) is 2.93. The summed E-state index contributed by atoms with van der Waals surface area (Å²) in [5.41, 5.74) is 8.50. The number of ether oxygens (including phenoxy) is 1. The molecule has 1 unspecified atom stereocenters. The third-order valence-electron chi connectivity index (χ3n) is 2.93. The Morgan fingerprint density at radius 1 is 1.33 bits per heavy atom. The number of nitrogens with two attached hydrogens (primary N) is 1. The summed E-state index contributed by atoms with van der Waals surface area (Å²) in [4.78, 5) is 11.9. The predicted octanol–water partition coefficient (Wildman–Crippen LogP) is 3.44. The predicted molar refractivity (Wildman–Crippen MR) is 84.7 cm³/mol. The fourth-order valence-corrected chi connectivity index (χ4v) is 1.81. The van der Waals surface area contributed by atoms with E-state index in [1.54, 1.807) is 24.3 Å². The maximum Gasteiger partial charge on any atom is 0.342 e. The van der Waals surface area contributed by atoms with Gasteiger partial charge in [0.15, 0.2) is 0 Å². The van der Waals surface area contributed by atoms with Gasteiger partial charge >= 0.3 is 5.97 Å². The van der Waals surface area contributed by atoms with Crippen LogP contribution in [-0.4, -0.2) is 17.4 Å². The molecule has 0 aliphatic carbocycles. The van der Waals surface area contributed by atoms with Crippen molar-refractivity contribution in [3.8, 4) is 0 Å². The van der Waals surface area contributed by atoms with Crippen LogP contribution in [0.4, 0.5) is 5.69 Å². The summed E-state index contributed by atoms with van der Waals surface area (Å²) in [7, 11) is 0. The second-order valence-electron chi connectivity index (χ2n) is 5.22. The molecule has 0 aliphatic rings. The fourth-order valence-electron chi connectivity index (χ4n) is 1.81. The Kier molecular flexibility index (Phi) is 6.69. The van der Waals surface area contributed by atoms with Gasteiger partial charge in [0.1, 0.15) is 0 Å². The maximum atomic E-state index is 11.9. The zero-order valence-electron chi connectivity index (χ0n) is 12.8. The molecule has 3 N–H and O–H groups in total. The Morgan fingerprint density at radius 2 is 2.00 bits per heavy atom. The number of aliphatic hydroxyl groups is 1. The molecule has 4 nitrogen and oxygen atoms in total. The lowest BCUT2D eigenvalue weighted by molar-refractivity contribution is -0.0355. The summed E-state index contributed by atoms with van der Waals surface area (Å²) in [6.07, 6.45) is 4.12. The minimum atomic E-state index is -1.26. The van der Waals surface area contributed by atoms with E-state index >= 15 is 0 Å². The highest BCUT2D eigenvalue weighted by Crippen LogP contribution is 2.14. The number of allylic oxidation sites excluding steroid dienone is 3. The molecule has 1 aromatic carbocycles. The molecule has 1 atom stereocenters. The third kappa shape index (κ3) is 6.27. The Hall–Kier alpha value is -2.07. The zero-order valence-corrected chi connectivity index (χ0v) is 12.8. The molecule has 0 spiro atoms. The highest BCUT2D eigenvalue weighted by Gasteiger charge is 2.14. The number of para-hydroxylation sites is 1. The molecule has 1 rings (SSSR count). The minimum absolute atomic E-state index is 0.257. The Bertz CT molecular complexity index is 543. The monoisotopic (exact) mass is 289 g/mol. The molecule has 0 bridgehead atoms. The highest BCUT2D eigenvalue weighted by atomic mass is 16.6. The number of benzene rings is 1. The Balaban J connectivity index is 2.56. The molecule has 0 aromatic heterocycles. The molecule has 0 radical (unpaired) electrons. The van der Waals surface area contributed by atoms with Gasteiger partial charge in [-0.05, 0) is 51.8 Å². The van der Waals surface area contributed by atoms with Crippen LogP contribution in [0.5, 0.6) is 0 Å². The molecule has 0 aliphatic heterocycles. The molecule has 1 aromatic rings. The van der Waals surface area contributed by atoms with Crippen LogP contribution >= 0.6 is 0 Å². The number of hydrogen-bond acceptors (Lipinski definition) is 4. The summed E-state index contributed by atoms with van der Waals surface area (Å²) < 4.78 is 4.96. The summed E-state index contributed by atoms with van der Waals surface area (Å²) in [6.45, 7) is 5.98. The normalized spacial score (nSPS) is 12.7. The molecule has 0 saturated carbocycles. The average molecular weight is 289 g/mol. The van der Waals surface area contributed by atoms with Crippen LogP contribution < -0.4 is 5.73 Å². The first-order chi connectivity index (χ1) is 9.90. The van der Waals surface area contributed by atoms with Crippen molar-refractivity contribution in [2.24, 2.45) is 0 Å². The van der Waals surface area contributed by atoms with Crippen LogP contribution in [0.1, 0.15) is 44.0 Å². The summed E-state index contributed by atoms with van der Waals surface area (Å²) >= 11 is 0. The van der Waals surface area contributed by atoms with E-state index in [4.69, 9.17) is 10.5 Å². The SMILES string of the molecule is CC(C)=CCC/C(C)=C/C(O)OC(=O)c1ccccc1N. The number of hydrogen-bond donors (Lipinski definition) is 2. The number of carbonyl (C=O) groups excluding carboxylic acids is 1. The van der Waals surface area contributed by atoms with Crippen molar-refractivity contribution >= 4 is 11.7 Å². The zero-order chi connectivity index (χ0) is 15.8. The molecular formula is C17H23NO3. The fraction of sp³-hybridized carbons (Fsp3) is 0.353. The van der Waals surface area contributed by atoms with E-state index in [2.05, 4.69) is 6.08 Å². The van der Waals surface area contributed by atoms with Gasteiger partial charge in [0.25, 0.3) is 0 Å². The maximum absolute atomic E-state index is 11.9. The molecule has 114 valence electrons. The number of esters is 1. The van der Waals surface area contributed by atoms with E-state index < -0.39 is 12.3 Å². The van der Waals surface area contributed by atoms with Crippen molar-refractivity contribution in [1.82, 2.24) is 0 Å². The molecular weight excluding hydrogens is 266 g/mol.